The third-order valence-corrected chi connectivity index (χ3v) is 2.77. The average molecular weight is 230 g/mol. The number of rotatable bonds is 6. The van der Waals surface area contributed by atoms with Gasteiger partial charge in [-0.3, -0.25) is 0 Å². The predicted octanol–water partition coefficient (Wildman–Crippen LogP) is 1.68. The summed E-state index contributed by atoms with van der Waals surface area (Å²) in [7, 11) is 1.51. The van der Waals surface area contributed by atoms with Crippen LogP contribution in [0.1, 0.15) is 40.0 Å². The van der Waals surface area contributed by atoms with Gasteiger partial charge >= 0.3 is 12.0 Å². The molecule has 0 fully saturated rings. The molecule has 0 aliphatic heterocycles. The lowest BCUT2D eigenvalue weighted by Crippen LogP contribution is -2.49. The Morgan fingerprint density at radius 1 is 1.19 bits per heavy atom. The third kappa shape index (κ3) is 4.08. The normalized spacial score (nSPS) is 12.3. The number of carbonyl (C=O) groups excluding carboxylic acids is 1. The van der Waals surface area contributed by atoms with Crippen LogP contribution in [-0.2, 0) is 4.79 Å². The summed E-state index contributed by atoms with van der Waals surface area (Å²) in [6.45, 7) is 5.73. The maximum absolute atomic E-state index is 11.7. The van der Waals surface area contributed by atoms with Crippen LogP contribution in [0.3, 0.4) is 0 Å². The van der Waals surface area contributed by atoms with Crippen LogP contribution in [-0.4, -0.2) is 41.1 Å². The third-order valence-electron chi connectivity index (χ3n) is 2.77. The first kappa shape index (κ1) is 14.7. The zero-order valence-electron chi connectivity index (χ0n) is 10.5. The predicted molar refractivity (Wildman–Crippen MR) is 62.4 cm³/mol. The van der Waals surface area contributed by atoms with E-state index in [1.807, 2.05) is 13.8 Å². The van der Waals surface area contributed by atoms with Gasteiger partial charge in [0.25, 0.3) is 0 Å². The SMILES string of the molecule is CCC(CC)NC(=O)N(C)C(CC)C(=O)O. The van der Waals surface area contributed by atoms with E-state index in [1.54, 1.807) is 6.92 Å². The van der Waals surface area contributed by atoms with Crippen molar-refractivity contribution in [1.82, 2.24) is 10.2 Å². The van der Waals surface area contributed by atoms with Crippen LogP contribution < -0.4 is 5.32 Å². The minimum absolute atomic E-state index is 0.112. The fraction of sp³-hybridized carbons (Fsp3) is 0.818. The summed E-state index contributed by atoms with van der Waals surface area (Å²) in [6, 6.07) is -0.960. The molecule has 5 nitrogen and oxygen atoms in total. The van der Waals surface area contributed by atoms with Crippen LogP contribution >= 0.6 is 0 Å². The number of hydrogen-bond acceptors (Lipinski definition) is 2. The van der Waals surface area contributed by atoms with E-state index in [9.17, 15) is 9.59 Å². The first-order valence-corrected chi connectivity index (χ1v) is 5.73. The molecule has 0 aromatic rings. The van der Waals surface area contributed by atoms with Gasteiger partial charge in [0.05, 0.1) is 0 Å². The summed E-state index contributed by atoms with van der Waals surface area (Å²) < 4.78 is 0. The number of nitrogens with zero attached hydrogens (tertiary/aromatic N) is 1. The van der Waals surface area contributed by atoms with Crippen LogP contribution in [0.4, 0.5) is 4.79 Å². The van der Waals surface area contributed by atoms with Gasteiger partial charge in [0, 0.05) is 13.1 Å². The lowest BCUT2D eigenvalue weighted by molar-refractivity contribution is -0.141. The maximum Gasteiger partial charge on any atom is 0.326 e. The van der Waals surface area contributed by atoms with Gasteiger partial charge in [-0.25, -0.2) is 9.59 Å². The van der Waals surface area contributed by atoms with E-state index in [0.29, 0.717) is 6.42 Å². The number of hydrogen-bond donors (Lipinski definition) is 2. The Kier molecular flexibility index (Phi) is 6.53. The van der Waals surface area contributed by atoms with Crippen LogP contribution in [0.15, 0.2) is 0 Å². The van der Waals surface area contributed by atoms with E-state index >= 15 is 0 Å². The molecule has 0 radical (unpaired) electrons. The van der Waals surface area contributed by atoms with Crippen LogP contribution in [0.2, 0.25) is 0 Å². The van der Waals surface area contributed by atoms with Gasteiger partial charge in [0.15, 0.2) is 0 Å². The van der Waals surface area contributed by atoms with E-state index in [4.69, 9.17) is 5.11 Å². The molecule has 0 aromatic carbocycles. The number of carboxylic acids is 1. The highest BCUT2D eigenvalue weighted by atomic mass is 16.4. The first-order valence-electron chi connectivity index (χ1n) is 5.73. The van der Waals surface area contributed by atoms with Gasteiger partial charge in [-0.15, -0.1) is 0 Å². The largest absolute Gasteiger partial charge is 0.480 e. The van der Waals surface area contributed by atoms with Crippen molar-refractivity contribution < 1.29 is 14.7 Å². The molecular weight excluding hydrogens is 208 g/mol. The monoisotopic (exact) mass is 230 g/mol. The van der Waals surface area contributed by atoms with Crippen molar-refractivity contribution in [1.29, 1.82) is 0 Å². The molecule has 94 valence electrons. The van der Waals surface area contributed by atoms with E-state index in [-0.39, 0.29) is 12.1 Å². The molecule has 5 heteroatoms. The Balaban J connectivity index is 4.41. The van der Waals surface area contributed by atoms with Gasteiger partial charge < -0.3 is 15.3 Å². The van der Waals surface area contributed by atoms with Crippen molar-refractivity contribution in [3.05, 3.63) is 0 Å². The van der Waals surface area contributed by atoms with Gasteiger partial charge in [0.1, 0.15) is 6.04 Å². The van der Waals surface area contributed by atoms with Gasteiger partial charge in [-0.05, 0) is 19.3 Å². The van der Waals surface area contributed by atoms with Gasteiger partial charge in [-0.1, -0.05) is 20.8 Å². The molecule has 0 bridgehead atoms. The summed E-state index contributed by atoms with van der Waals surface area (Å²) in [5.41, 5.74) is 0. The number of carbonyl (C=O) groups is 2. The number of urea groups is 1. The summed E-state index contributed by atoms with van der Waals surface area (Å²) >= 11 is 0. The minimum Gasteiger partial charge on any atom is -0.480 e. The topological polar surface area (TPSA) is 69.6 Å². The zero-order valence-corrected chi connectivity index (χ0v) is 10.5. The molecule has 0 saturated heterocycles. The van der Waals surface area contributed by atoms with Crippen LogP contribution in [0.25, 0.3) is 0 Å². The van der Waals surface area contributed by atoms with Crippen LogP contribution in [0, 0.1) is 0 Å². The molecule has 16 heavy (non-hydrogen) atoms. The quantitative estimate of drug-likeness (QED) is 0.729. The van der Waals surface area contributed by atoms with E-state index < -0.39 is 12.0 Å². The van der Waals surface area contributed by atoms with Crippen molar-refractivity contribution in [3.63, 3.8) is 0 Å². The number of aliphatic carboxylic acids is 1. The Morgan fingerprint density at radius 3 is 2.00 bits per heavy atom. The second-order valence-corrected chi connectivity index (χ2v) is 3.84. The minimum atomic E-state index is -0.968. The lowest BCUT2D eigenvalue weighted by atomic mass is 10.2. The second kappa shape index (κ2) is 7.09. The van der Waals surface area contributed by atoms with Gasteiger partial charge in [-0.2, -0.15) is 0 Å². The number of amides is 2. The Labute approximate surface area is 96.8 Å². The molecule has 1 atom stereocenters. The molecule has 2 amide bonds. The summed E-state index contributed by atoms with van der Waals surface area (Å²) in [5.74, 6) is -0.968. The van der Waals surface area contributed by atoms with E-state index in [2.05, 4.69) is 5.32 Å². The smallest absolute Gasteiger partial charge is 0.326 e. The Morgan fingerprint density at radius 2 is 1.69 bits per heavy atom. The molecule has 1 unspecified atom stereocenters. The fourth-order valence-electron chi connectivity index (χ4n) is 1.52. The van der Waals surface area contributed by atoms with Gasteiger partial charge in [0.2, 0.25) is 0 Å². The van der Waals surface area contributed by atoms with Crippen molar-refractivity contribution in [2.75, 3.05) is 7.05 Å². The zero-order chi connectivity index (χ0) is 12.7. The highest BCUT2D eigenvalue weighted by Gasteiger charge is 2.25. The van der Waals surface area contributed by atoms with Crippen LogP contribution in [0.5, 0.6) is 0 Å². The summed E-state index contributed by atoms with van der Waals surface area (Å²) in [6.07, 6.45) is 2.10. The molecule has 0 aliphatic carbocycles. The summed E-state index contributed by atoms with van der Waals surface area (Å²) in [4.78, 5) is 23.9. The molecule has 0 aromatic heterocycles. The standard InChI is InChI=1S/C11H22N2O3/c1-5-8(6-2)12-11(16)13(4)9(7-3)10(14)15/h8-9H,5-7H2,1-4H3,(H,12,16)(H,14,15). The Hall–Kier alpha value is -1.26. The first-order chi connectivity index (χ1) is 7.47. The maximum atomic E-state index is 11.7. The lowest BCUT2D eigenvalue weighted by Gasteiger charge is -2.26. The molecule has 0 saturated carbocycles. The van der Waals surface area contributed by atoms with Crippen molar-refractivity contribution in [2.24, 2.45) is 0 Å². The summed E-state index contributed by atoms with van der Waals surface area (Å²) in [5, 5.41) is 11.7. The second-order valence-electron chi connectivity index (χ2n) is 3.84. The molecule has 2 N–H and O–H groups in total. The molecular formula is C11H22N2O3. The number of carboxylic acid groups (broad SMARTS) is 1. The molecule has 0 rings (SSSR count). The fourth-order valence-corrected chi connectivity index (χ4v) is 1.52. The molecule has 0 aliphatic rings. The van der Waals surface area contributed by atoms with E-state index in [0.717, 1.165) is 12.8 Å². The van der Waals surface area contributed by atoms with E-state index in [1.165, 1.54) is 11.9 Å². The van der Waals surface area contributed by atoms with Crippen molar-refractivity contribution >= 4 is 12.0 Å². The number of likely N-dealkylation sites (N-methyl/N-ethyl adjacent to an activating group) is 1. The highest BCUT2D eigenvalue weighted by Crippen LogP contribution is 2.04. The average Bonchev–Trinajstić information content (AvgIpc) is 2.25. The molecule has 0 heterocycles. The Bertz CT molecular complexity index is 239. The highest BCUT2D eigenvalue weighted by molar-refractivity contribution is 5.82. The van der Waals surface area contributed by atoms with Crippen molar-refractivity contribution in [3.8, 4) is 0 Å². The molecule has 0 spiro atoms. The van der Waals surface area contributed by atoms with Crippen molar-refractivity contribution in [2.45, 2.75) is 52.1 Å². The number of nitrogens with one attached hydrogen (secondary N) is 1.